The normalized spacial score (nSPS) is 10.7. The standard InChI is InChI=1S/C19H14BrClFNO2/c20-16-7-2-1-6-14(16)19(24)23(11-13-5-4-10-25-13)12-15-17(21)8-3-9-18(15)22/h1-10H,11-12H2. The summed E-state index contributed by atoms with van der Waals surface area (Å²) < 4.78 is 20.2. The summed E-state index contributed by atoms with van der Waals surface area (Å²) in [6.45, 7) is 0.240. The molecule has 0 aliphatic heterocycles. The topological polar surface area (TPSA) is 33.5 Å². The molecule has 0 aliphatic rings. The number of halogens is 3. The van der Waals surface area contributed by atoms with Crippen LogP contribution in [0.25, 0.3) is 0 Å². The summed E-state index contributed by atoms with van der Waals surface area (Å²) >= 11 is 9.51. The first-order chi connectivity index (χ1) is 12.1. The highest BCUT2D eigenvalue weighted by Crippen LogP contribution is 2.25. The molecule has 25 heavy (non-hydrogen) atoms. The van der Waals surface area contributed by atoms with E-state index in [1.54, 1.807) is 36.4 Å². The molecule has 1 amide bonds. The van der Waals surface area contributed by atoms with Crippen LogP contribution in [0, 0.1) is 5.82 Å². The lowest BCUT2D eigenvalue weighted by Gasteiger charge is -2.23. The average Bonchev–Trinajstić information content (AvgIpc) is 3.10. The number of hydrogen-bond acceptors (Lipinski definition) is 2. The highest BCUT2D eigenvalue weighted by atomic mass is 79.9. The Morgan fingerprint density at radius 2 is 1.88 bits per heavy atom. The fourth-order valence-electron chi connectivity index (χ4n) is 2.47. The maximum Gasteiger partial charge on any atom is 0.255 e. The minimum Gasteiger partial charge on any atom is -0.467 e. The summed E-state index contributed by atoms with van der Waals surface area (Å²) in [4.78, 5) is 14.5. The van der Waals surface area contributed by atoms with Crippen molar-refractivity contribution in [2.24, 2.45) is 0 Å². The van der Waals surface area contributed by atoms with Crippen molar-refractivity contribution in [1.29, 1.82) is 0 Å². The van der Waals surface area contributed by atoms with Crippen molar-refractivity contribution in [3.63, 3.8) is 0 Å². The van der Waals surface area contributed by atoms with Crippen LogP contribution in [0.2, 0.25) is 5.02 Å². The van der Waals surface area contributed by atoms with Crippen molar-refractivity contribution in [2.75, 3.05) is 0 Å². The van der Waals surface area contributed by atoms with E-state index in [1.165, 1.54) is 23.3 Å². The quantitative estimate of drug-likeness (QED) is 0.530. The van der Waals surface area contributed by atoms with Gasteiger partial charge in [-0.25, -0.2) is 4.39 Å². The molecule has 1 heterocycles. The highest BCUT2D eigenvalue weighted by Gasteiger charge is 2.22. The Morgan fingerprint density at radius 3 is 2.56 bits per heavy atom. The van der Waals surface area contributed by atoms with Gasteiger partial charge in [0.05, 0.1) is 24.9 Å². The Balaban J connectivity index is 1.95. The van der Waals surface area contributed by atoms with Crippen molar-refractivity contribution in [3.8, 4) is 0 Å². The van der Waals surface area contributed by atoms with E-state index in [-0.39, 0.29) is 29.6 Å². The third-order valence-corrected chi connectivity index (χ3v) is 4.77. The van der Waals surface area contributed by atoms with Gasteiger partial charge in [-0.1, -0.05) is 29.8 Å². The molecule has 0 saturated carbocycles. The smallest absolute Gasteiger partial charge is 0.255 e. The van der Waals surface area contributed by atoms with Crippen molar-refractivity contribution < 1.29 is 13.6 Å². The fourth-order valence-corrected chi connectivity index (χ4v) is 3.15. The molecule has 6 heteroatoms. The van der Waals surface area contributed by atoms with Gasteiger partial charge in [-0.3, -0.25) is 4.79 Å². The van der Waals surface area contributed by atoms with E-state index < -0.39 is 5.82 Å². The van der Waals surface area contributed by atoms with Gasteiger partial charge in [0.2, 0.25) is 0 Å². The van der Waals surface area contributed by atoms with Crippen LogP contribution in [-0.4, -0.2) is 10.8 Å². The van der Waals surface area contributed by atoms with Crippen LogP contribution in [0.3, 0.4) is 0 Å². The number of carbonyl (C=O) groups is 1. The van der Waals surface area contributed by atoms with Crippen LogP contribution in [-0.2, 0) is 13.1 Å². The molecule has 3 rings (SSSR count). The summed E-state index contributed by atoms with van der Waals surface area (Å²) in [5.41, 5.74) is 0.762. The van der Waals surface area contributed by atoms with Crippen LogP contribution in [0.5, 0.6) is 0 Å². The molecular formula is C19H14BrClFNO2. The minimum absolute atomic E-state index is 0.0341. The first-order valence-corrected chi connectivity index (χ1v) is 8.72. The van der Waals surface area contributed by atoms with E-state index in [9.17, 15) is 9.18 Å². The Kier molecular flexibility index (Phi) is 5.56. The molecule has 0 saturated heterocycles. The number of carbonyl (C=O) groups excluding carboxylic acids is 1. The lowest BCUT2D eigenvalue weighted by atomic mass is 10.1. The summed E-state index contributed by atoms with van der Waals surface area (Å²) in [6.07, 6.45) is 1.53. The molecule has 2 aromatic carbocycles. The lowest BCUT2D eigenvalue weighted by molar-refractivity contribution is 0.0715. The number of hydrogen-bond donors (Lipinski definition) is 0. The van der Waals surface area contributed by atoms with Crippen molar-refractivity contribution in [2.45, 2.75) is 13.1 Å². The van der Waals surface area contributed by atoms with Crippen molar-refractivity contribution >= 4 is 33.4 Å². The van der Waals surface area contributed by atoms with Gasteiger partial charge in [0, 0.05) is 15.1 Å². The Bertz CT molecular complexity index is 863. The van der Waals surface area contributed by atoms with E-state index in [0.29, 0.717) is 15.8 Å². The molecular weight excluding hydrogens is 409 g/mol. The van der Waals surface area contributed by atoms with Crippen LogP contribution in [0.1, 0.15) is 21.7 Å². The van der Waals surface area contributed by atoms with Crippen LogP contribution in [0.15, 0.2) is 69.8 Å². The summed E-state index contributed by atoms with van der Waals surface area (Å²) in [5.74, 6) is -0.0899. The SMILES string of the molecule is O=C(c1ccccc1Br)N(Cc1ccco1)Cc1c(F)cccc1Cl. The van der Waals surface area contributed by atoms with E-state index >= 15 is 0 Å². The zero-order chi connectivity index (χ0) is 17.8. The van der Waals surface area contributed by atoms with Crippen molar-refractivity contribution in [1.82, 2.24) is 4.90 Å². The number of rotatable bonds is 5. The molecule has 0 N–H and O–H groups in total. The molecule has 0 spiro atoms. The maximum absolute atomic E-state index is 14.2. The van der Waals surface area contributed by atoms with Crippen LogP contribution >= 0.6 is 27.5 Å². The second-order valence-electron chi connectivity index (χ2n) is 5.42. The summed E-state index contributed by atoms with van der Waals surface area (Å²) in [6, 6.07) is 15.1. The number of amides is 1. The predicted octanol–water partition coefficient (Wildman–Crippen LogP) is 5.68. The molecule has 0 aliphatic carbocycles. The van der Waals surface area contributed by atoms with E-state index in [2.05, 4.69) is 15.9 Å². The van der Waals surface area contributed by atoms with E-state index in [1.807, 2.05) is 6.07 Å². The Morgan fingerprint density at radius 1 is 1.08 bits per heavy atom. The third-order valence-electron chi connectivity index (χ3n) is 3.73. The zero-order valence-electron chi connectivity index (χ0n) is 13.1. The molecule has 3 aromatic rings. The summed E-state index contributed by atoms with van der Waals surface area (Å²) in [7, 11) is 0. The fraction of sp³-hybridized carbons (Fsp3) is 0.105. The number of nitrogens with zero attached hydrogens (tertiary/aromatic N) is 1. The largest absolute Gasteiger partial charge is 0.467 e. The third kappa shape index (κ3) is 4.11. The molecule has 0 unspecified atom stereocenters. The highest BCUT2D eigenvalue weighted by molar-refractivity contribution is 9.10. The molecule has 0 bridgehead atoms. The molecule has 0 radical (unpaired) electrons. The van der Waals surface area contributed by atoms with Crippen LogP contribution < -0.4 is 0 Å². The number of furan rings is 1. The minimum atomic E-state index is -0.447. The molecule has 1 aromatic heterocycles. The molecule has 3 nitrogen and oxygen atoms in total. The van der Waals surface area contributed by atoms with Crippen molar-refractivity contribution in [3.05, 3.63) is 93.1 Å². The van der Waals surface area contributed by atoms with Gasteiger partial charge in [0.25, 0.3) is 5.91 Å². The maximum atomic E-state index is 14.2. The van der Waals surface area contributed by atoms with Gasteiger partial charge >= 0.3 is 0 Å². The first-order valence-electron chi connectivity index (χ1n) is 7.55. The lowest BCUT2D eigenvalue weighted by Crippen LogP contribution is -2.30. The predicted molar refractivity (Wildman–Crippen MR) is 97.8 cm³/mol. The average molecular weight is 423 g/mol. The van der Waals surface area contributed by atoms with E-state index in [0.717, 1.165) is 0 Å². The molecule has 128 valence electrons. The van der Waals surface area contributed by atoms with Gasteiger partial charge in [-0.05, 0) is 52.3 Å². The Hall–Kier alpha value is -2.11. The monoisotopic (exact) mass is 421 g/mol. The first kappa shape index (κ1) is 17.7. The Labute approximate surface area is 158 Å². The van der Waals surface area contributed by atoms with Gasteiger partial charge in [0.1, 0.15) is 11.6 Å². The van der Waals surface area contributed by atoms with Gasteiger partial charge in [0.15, 0.2) is 0 Å². The van der Waals surface area contributed by atoms with Gasteiger partial charge < -0.3 is 9.32 Å². The van der Waals surface area contributed by atoms with E-state index in [4.69, 9.17) is 16.0 Å². The second kappa shape index (κ2) is 7.85. The van der Waals surface area contributed by atoms with Crippen LogP contribution in [0.4, 0.5) is 4.39 Å². The van der Waals surface area contributed by atoms with Gasteiger partial charge in [-0.2, -0.15) is 0 Å². The molecule has 0 fully saturated rings. The zero-order valence-corrected chi connectivity index (χ0v) is 15.4. The summed E-state index contributed by atoms with van der Waals surface area (Å²) in [5, 5.41) is 0.282. The molecule has 0 atom stereocenters. The second-order valence-corrected chi connectivity index (χ2v) is 6.68. The van der Waals surface area contributed by atoms with Gasteiger partial charge in [-0.15, -0.1) is 0 Å². The number of benzene rings is 2.